The first kappa shape index (κ1) is 17.0. The number of hydrogen-bond acceptors (Lipinski definition) is 3. The molecule has 0 spiro atoms. The van der Waals surface area contributed by atoms with Crippen LogP contribution in [0.25, 0.3) is 0 Å². The molecule has 1 atom stereocenters. The van der Waals surface area contributed by atoms with Crippen LogP contribution in [0.4, 0.5) is 5.69 Å². The van der Waals surface area contributed by atoms with Crippen molar-refractivity contribution in [3.8, 4) is 0 Å². The van der Waals surface area contributed by atoms with Crippen molar-refractivity contribution >= 4 is 29.9 Å². The van der Waals surface area contributed by atoms with E-state index in [-0.39, 0.29) is 36.6 Å². The second-order valence-electron chi connectivity index (χ2n) is 5.65. The van der Waals surface area contributed by atoms with Gasteiger partial charge in [-0.3, -0.25) is 14.5 Å². The highest BCUT2D eigenvalue weighted by Gasteiger charge is 2.38. The summed E-state index contributed by atoms with van der Waals surface area (Å²) in [5.74, 6) is -0.431. The Morgan fingerprint density at radius 3 is 2.26 bits per heavy atom. The molecule has 2 amide bonds. The molecule has 5 heteroatoms. The largest absolute Gasteiger partial charge is 0.399 e. The van der Waals surface area contributed by atoms with Gasteiger partial charge in [-0.15, -0.1) is 12.4 Å². The third-order valence-corrected chi connectivity index (χ3v) is 3.98. The number of benzene rings is 2. The molecule has 1 saturated heterocycles. The first-order chi connectivity index (χ1) is 10.6. The van der Waals surface area contributed by atoms with Crippen molar-refractivity contribution in [2.75, 3.05) is 5.73 Å². The number of hydrogen-bond donors (Lipinski definition) is 1. The van der Waals surface area contributed by atoms with E-state index in [1.807, 2.05) is 54.6 Å². The van der Waals surface area contributed by atoms with Crippen molar-refractivity contribution in [2.45, 2.75) is 19.4 Å². The second kappa shape index (κ2) is 7.29. The zero-order valence-electron chi connectivity index (χ0n) is 12.6. The van der Waals surface area contributed by atoms with E-state index in [1.165, 1.54) is 4.90 Å². The molecule has 1 heterocycles. The van der Waals surface area contributed by atoms with E-state index in [0.717, 1.165) is 11.1 Å². The van der Waals surface area contributed by atoms with Crippen LogP contribution in [0.3, 0.4) is 0 Å². The highest BCUT2D eigenvalue weighted by atomic mass is 35.5. The Labute approximate surface area is 141 Å². The second-order valence-corrected chi connectivity index (χ2v) is 5.65. The number of nitrogens with two attached hydrogens (primary N) is 1. The number of nitrogens with zero attached hydrogens (tertiary/aromatic N) is 1. The van der Waals surface area contributed by atoms with E-state index in [4.69, 9.17) is 5.73 Å². The van der Waals surface area contributed by atoms with Crippen LogP contribution in [-0.2, 0) is 22.6 Å². The van der Waals surface area contributed by atoms with Gasteiger partial charge in [0.05, 0.1) is 12.5 Å². The number of nitrogen functional groups attached to an aromatic ring is 1. The van der Waals surface area contributed by atoms with Gasteiger partial charge in [-0.1, -0.05) is 42.5 Å². The number of anilines is 1. The molecule has 2 aromatic rings. The summed E-state index contributed by atoms with van der Waals surface area (Å²) >= 11 is 0. The summed E-state index contributed by atoms with van der Waals surface area (Å²) < 4.78 is 0. The van der Waals surface area contributed by atoms with Crippen molar-refractivity contribution in [3.63, 3.8) is 0 Å². The normalized spacial score (nSPS) is 17.2. The molecular formula is C18H19ClN2O2. The molecule has 1 aliphatic rings. The fourth-order valence-electron chi connectivity index (χ4n) is 2.78. The van der Waals surface area contributed by atoms with Gasteiger partial charge in [0.15, 0.2) is 0 Å². The molecule has 4 nitrogen and oxygen atoms in total. The van der Waals surface area contributed by atoms with Crippen LogP contribution in [-0.4, -0.2) is 16.7 Å². The van der Waals surface area contributed by atoms with Crippen molar-refractivity contribution in [1.29, 1.82) is 0 Å². The molecule has 0 aromatic heterocycles. The Morgan fingerprint density at radius 1 is 0.957 bits per heavy atom. The van der Waals surface area contributed by atoms with Gasteiger partial charge in [-0.05, 0) is 29.7 Å². The summed E-state index contributed by atoms with van der Waals surface area (Å²) in [5.41, 5.74) is 8.36. The van der Waals surface area contributed by atoms with Crippen LogP contribution in [0.5, 0.6) is 0 Å². The number of likely N-dealkylation sites (tertiary alicyclic amines) is 1. The molecule has 1 fully saturated rings. The zero-order chi connectivity index (χ0) is 15.5. The van der Waals surface area contributed by atoms with Crippen molar-refractivity contribution in [3.05, 3.63) is 65.7 Å². The lowest BCUT2D eigenvalue weighted by Gasteiger charge is -2.15. The van der Waals surface area contributed by atoms with Crippen LogP contribution < -0.4 is 5.73 Å². The lowest BCUT2D eigenvalue weighted by molar-refractivity contribution is -0.140. The summed E-state index contributed by atoms with van der Waals surface area (Å²) in [6.07, 6.45) is 0.867. The molecule has 0 radical (unpaired) electrons. The number of rotatable bonds is 4. The molecule has 1 unspecified atom stereocenters. The summed E-state index contributed by atoms with van der Waals surface area (Å²) in [6, 6.07) is 17.0. The van der Waals surface area contributed by atoms with Gasteiger partial charge in [0.2, 0.25) is 11.8 Å². The van der Waals surface area contributed by atoms with Crippen LogP contribution in [0.15, 0.2) is 54.6 Å². The van der Waals surface area contributed by atoms with Gasteiger partial charge >= 0.3 is 0 Å². The fourth-order valence-corrected chi connectivity index (χ4v) is 2.78. The first-order valence-electron chi connectivity index (χ1n) is 7.36. The molecule has 120 valence electrons. The predicted octanol–water partition coefficient (Wildman–Crippen LogP) is 2.81. The molecule has 3 rings (SSSR count). The highest BCUT2D eigenvalue weighted by Crippen LogP contribution is 2.25. The molecule has 2 aromatic carbocycles. The maximum absolute atomic E-state index is 12.5. The number of halogens is 1. The summed E-state index contributed by atoms with van der Waals surface area (Å²) in [7, 11) is 0. The Morgan fingerprint density at radius 2 is 1.61 bits per heavy atom. The highest BCUT2D eigenvalue weighted by molar-refractivity contribution is 6.03. The minimum atomic E-state index is -0.264. The van der Waals surface area contributed by atoms with Crippen molar-refractivity contribution in [1.82, 2.24) is 4.90 Å². The molecule has 0 saturated carbocycles. The van der Waals surface area contributed by atoms with Gasteiger partial charge in [0.25, 0.3) is 0 Å². The molecule has 2 N–H and O–H groups in total. The lowest BCUT2D eigenvalue weighted by atomic mass is 9.98. The fraction of sp³-hybridized carbons (Fsp3) is 0.222. The Kier molecular flexibility index (Phi) is 5.40. The quantitative estimate of drug-likeness (QED) is 0.692. The molecular weight excluding hydrogens is 312 g/mol. The van der Waals surface area contributed by atoms with Gasteiger partial charge in [-0.2, -0.15) is 0 Å². The molecule has 0 aliphatic carbocycles. The summed E-state index contributed by atoms with van der Waals surface area (Å²) in [6.45, 7) is 0.358. The van der Waals surface area contributed by atoms with Crippen LogP contribution in [0.2, 0.25) is 0 Å². The maximum atomic E-state index is 12.5. The van der Waals surface area contributed by atoms with Gasteiger partial charge in [-0.25, -0.2) is 0 Å². The van der Waals surface area contributed by atoms with Gasteiger partial charge < -0.3 is 5.73 Å². The van der Waals surface area contributed by atoms with Crippen molar-refractivity contribution in [2.24, 2.45) is 5.92 Å². The minimum Gasteiger partial charge on any atom is -0.399 e. The third-order valence-electron chi connectivity index (χ3n) is 3.98. The van der Waals surface area contributed by atoms with Crippen LogP contribution >= 0.6 is 12.4 Å². The Bertz CT molecular complexity index is 686. The molecule has 1 aliphatic heterocycles. The van der Waals surface area contributed by atoms with Crippen LogP contribution in [0, 0.1) is 5.92 Å². The lowest BCUT2D eigenvalue weighted by Crippen LogP contribution is -2.30. The first-order valence-corrected chi connectivity index (χ1v) is 7.36. The predicted molar refractivity (Wildman–Crippen MR) is 91.9 cm³/mol. The van der Waals surface area contributed by atoms with E-state index in [2.05, 4.69) is 0 Å². The van der Waals surface area contributed by atoms with Gasteiger partial charge in [0.1, 0.15) is 0 Å². The summed E-state index contributed by atoms with van der Waals surface area (Å²) in [4.78, 5) is 26.0. The van der Waals surface area contributed by atoms with E-state index < -0.39 is 0 Å². The topological polar surface area (TPSA) is 63.4 Å². The van der Waals surface area contributed by atoms with Gasteiger partial charge in [0, 0.05) is 12.1 Å². The average molecular weight is 331 g/mol. The monoisotopic (exact) mass is 330 g/mol. The number of carbonyl (C=O) groups excluding carboxylic acids is 2. The van der Waals surface area contributed by atoms with E-state index in [9.17, 15) is 9.59 Å². The zero-order valence-corrected chi connectivity index (χ0v) is 13.5. The van der Waals surface area contributed by atoms with E-state index in [1.54, 1.807) is 0 Å². The third kappa shape index (κ3) is 3.90. The van der Waals surface area contributed by atoms with Crippen LogP contribution in [0.1, 0.15) is 17.5 Å². The molecule has 23 heavy (non-hydrogen) atoms. The number of imide groups is 1. The number of amides is 2. The Hall–Kier alpha value is -2.33. The Balaban J connectivity index is 0.00000192. The maximum Gasteiger partial charge on any atom is 0.233 e. The number of carbonyl (C=O) groups is 2. The van der Waals surface area contributed by atoms with E-state index >= 15 is 0 Å². The smallest absolute Gasteiger partial charge is 0.233 e. The molecule has 0 bridgehead atoms. The standard InChI is InChI=1S/C18H18N2O2.ClH/c19-16-8-6-13(7-9-16)10-15-11-17(21)20(18(15)22)12-14-4-2-1-3-5-14;/h1-9,15H,10-12,19H2;1H. The average Bonchev–Trinajstić information content (AvgIpc) is 2.78. The van der Waals surface area contributed by atoms with E-state index in [0.29, 0.717) is 18.7 Å². The summed E-state index contributed by atoms with van der Waals surface area (Å²) in [5, 5.41) is 0. The minimum absolute atomic E-state index is 0. The SMILES string of the molecule is Cl.Nc1ccc(CC2CC(=O)N(Cc3ccccc3)C2=O)cc1. The van der Waals surface area contributed by atoms with Crippen molar-refractivity contribution < 1.29 is 9.59 Å².